The second-order valence-electron chi connectivity index (χ2n) is 7.34. The summed E-state index contributed by atoms with van der Waals surface area (Å²) in [6.45, 7) is 6.18. The molecule has 2 fully saturated rings. The third-order valence-corrected chi connectivity index (χ3v) is 6.08. The van der Waals surface area contributed by atoms with E-state index < -0.39 is 0 Å². The van der Waals surface area contributed by atoms with E-state index in [9.17, 15) is 9.59 Å². The second-order valence-corrected chi connectivity index (χ2v) is 7.34. The van der Waals surface area contributed by atoms with E-state index in [4.69, 9.17) is 0 Å². The van der Waals surface area contributed by atoms with Crippen LogP contribution in [0.1, 0.15) is 32.3 Å². The molecule has 1 heterocycles. The number of fused-ring (bicyclic) bond motifs is 1. The number of imide groups is 1. The Morgan fingerprint density at radius 3 is 2.00 bits per heavy atom. The quantitative estimate of drug-likeness (QED) is 0.465. The Morgan fingerprint density at radius 1 is 1.00 bits per heavy atom. The number of hydrogen-bond donors (Lipinski definition) is 0. The van der Waals surface area contributed by atoms with E-state index in [2.05, 4.69) is 36.0 Å². The van der Waals surface area contributed by atoms with E-state index in [1.165, 1.54) is 0 Å². The molecule has 1 aliphatic heterocycles. The minimum atomic E-state index is -0.201. The van der Waals surface area contributed by atoms with Crippen LogP contribution in [0.25, 0.3) is 0 Å². The van der Waals surface area contributed by atoms with Gasteiger partial charge in [-0.1, -0.05) is 24.3 Å². The highest BCUT2D eigenvalue weighted by Crippen LogP contribution is 2.49. The van der Waals surface area contributed by atoms with E-state index in [-0.39, 0.29) is 35.5 Å². The summed E-state index contributed by atoms with van der Waals surface area (Å²) in [5.41, 5.74) is 2.05. The van der Waals surface area contributed by atoms with Gasteiger partial charge in [-0.25, -0.2) is 0 Å². The van der Waals surface area contributed by atoms with Crippen LogP contribution in [0.4, 0.5) is 5.69 Å². The van der Waals surface area contributed by atoms with Gasteiger partial charge in [0.1, 0.15) is 0 Å². The Balaban J connectivity index is 1.51. The van der Waals surface area contributed by atoms with Crippen molar-refractivity contribution in [1.82, 2.24) is 5.01 Å². The zero-order valence-corrected chi connectivity index (χ0v) is 15.3. The minimum Gasteiger partial charge on any atom is -0.372 e. The maximum Gasteiger partial charge on any atom is 0.254 e. The van der Waals surface area contributed by atoms with Crippen molar-refractivity contribution in [1.29, 1.82) is 0 Å². The molecule has 4 aliphatic rings. The smallest absolute Gasteiger partial charge is 0.254 e. The summed E-state index contributed by atoms with van der Waals surface area (Å²) in [7, 11) is 0. The topological polar surface area (TPSA) is 53.0 Å². The minimum absolute atomic E-state index is 0.130. The Hall–Kier alpha value is -2.43. The largest absolute Gasteiger partial charge is 0.372 e. The molecule has 1 saturated heterocycles. The van der Waals surface area contributed by atoms with E-state index >= 15 is 0 Å². The van der Waals surface area contributed by atoms with Crippen LogP contribution in [0.3, 0.4) is 0 Å². The average Bonchev–Trinajstić information content (AvgIpc) is 2.96. The summed E-state index contributed by atoms with van der Waals surface area (Å²) < 4.78 is 0. The van der Waals surface area contributed by atoms with Crippen molar-refractivity contribution < 1.29 is 9.59 Å². The van der Waals surface area contributed by atoms with Gasteiger partial charge in [-0.05, 0) is 56.2 Å². The lowest BCUT2D eigenvalue weighted by atomic mass is 9.63. The van der Waals surface area contributed by atoms with Crippen LogP contribution in [-0.4, -0.2) is 36.1 Å². The molecule has 5 rings (SSSR count). The summed E-state index contributed by atoms with van der Waals surface area (Å²) in [6, 6.07) is 8.04. The fourth-order valence-electron chi connectivity index (χ4n) is 4.66. The third-order valence-electron chi connectivity index (χ3n) is 6.08. The predicted molar refractivity (Wildman–Crippen MR) is 102 cm³/mol. The van der Waals surface area contributed by atoms with Gasteiger partial charge < -0.3 is 4.90 Å². The van der Waals surface area contributed by atoms with Gasteiger partial charge in [0.05, 0.1) is 18.1 Å². The summed E-state index contributed by atoms with van der Waals surface area (Å²) in [5, 5.41) is 5.38. The second kappa shape index (κ2) is 6.71. The van der Waals surface area contributed by atoms with Crippen LogP contribution in [0.15, 0.2) is 41.5 Å². The normalized spacial score (nSPS) is 29.7. The number of carbonyl (C=O) groups excluding carboxylic acids is 2. The molecule has 5 nitrogen and oxygen atoms in total. The third kappa shape index (κ3) is 2.66. The highest BCUT2D eigenvalue weighted by atomic mass is 16.2. The summed E-state index contributed by atoms with van der Waals surface area (Å²) in [5.74, 6) is -0.253. The number of rotatable bonds is 5. The van der Waals surface area contributed by atoms with Crippen LogP contribution in [-0.2, 0) is 9.59 Å². The molecule has 26 heavy (non-hydrogen) atoms. The monoisotopic (exact) mass is 351 g/mol. The number of carbonyl (C=O) groups is 2. The van der Waals surface area contributed by atoms with E-state index in [0.717, 1.165) is 42.2 Å². The van der Waals surface area contributed by atoms with Gasteiger partial charge in [0.25, 0.3) is 11.8 Å². The molecule has 136 valence electrons. The molecule has 0 N–H and O–H groups in total. The average molecular weight is 351 g/mol. The predicted octanol–water partition coefficient (Wildman–Crippen LogP) is 3.06. The summed E-state index contributed by atoms with van der Waals surface area (Å²) in [4.78, 5) is 27.7. The van der Waals surface area contributed by atoms with Crippen molar-refractivity contribution in [2.45, 2.75) is 26.7 Å². The number of allylic oxidation sites excluding steroid dienone is 2. The standard InChI is InChI=1S/C21H25N3O2/c1-3-23(4-2)17-11-5-14(6-12-17)13-22-24-20(25)18-15-7-8-16(10-9-15)19(18)21(24)26/h5-8,11-13,15-16,18-19H,3-4,9-10H2,1-2H3/b22-13-/t15-,16+,18-,19-/m0/s1. The molecule has 3 aliphatic carbocycles. The van der Waals surface area contributed by atoms with Gasteiger partial charge in [0, 0.05) is 18.8 Å². The van der Waals surface area contributed by atoms with Gasteiger partial charge >= 0.3 is 0 Å². The SMILES string of the molecule is CCN(CC)c1ccc(/C=N\N2C(=O)[C@@H]3[C@@H](C2=O)[C@H]2C=C[C@@H]3CC2)cc1. The first-order valence-corrected chi connectivity index (χ1v) is 9.59. The van der Waals surface area contributed by atoms with Crippen LogP contribution >= 0.6 is 0 Å². The lowest BCUT2D eigenvalue weighted by molar-refractivity contribution is -0.140. The summed E-state index contributed by atoms with van der Waals surface area (Å²) >= 11 is 0. The Bertz CT molecular complexity index is 732. The van der Waals surface area contributed by atoms with Crippen molar-refractivity contribution in [2.24, 2.45) is 28.8 Å². The van der Waals surface area contributed by atoms with E-state index in [1.54, 1.807) is 6.21 Å². The Kier molecular flexibility index (Phi) is 4.39. The van der Waals surface area contributed by atoms with Crippen molar-refractivity contribution in [2.75, 3.05) is 18.0 Å². The lowest BCUT2D eigenvalue weighted by Gasteiger charge is -2.37. The van der Waals surface area contributed by atoms with Crippen LogP contribution in [0, 0.1) is 23.7 Å². The van der Waals surface area contributed by atoms with Crippen molar-refractivity contribution in [3.63, 3.8) is 0 Å². The molecule has 0 unspecified atom stereocenters. The lowest BCUT2D eigenvalue weighted by Crippen LogP contribution is -2.38. The number of hydrazone groups is 1. The van der Waals surface area contributed by atoms with E-state index in [1.807, 2.05) is 24.3 Å². The number of hydrogen-bond acceptors (Lipinski definition) is 4. The Labute approximate surface area is 154 Å². The number of anilines is 1. The van der Waals surface area contributed by atoms with Gasteiger partial charge in [-0.2, -0.15) is 10.1 Å². The molecule has 2 amide bonds. The van der Waals surface area contributed by atoms with Crippen molar-refractivity contribution >= 4 is 23.7 Å². The van der Waals surface area contributed by atoms with E-state index in [0.29, 0.717) is 0 Å². The zero-order chi connectivity index (χ0) is 18.3. The van der Waals surface area contributed by atoms with Crippen molar-refractivity contribution in [3.8, 4) is 0 Å². The Morgan fingerprint density at radius 2 is 1.54 bits per heavy atom. The first-order chi connectivity index (χ1) is 12.6. The van der Waals surface area contributed by atoms with Crippen molar-refractivity contribution in [3.05, 3.63) is 42.0 Å². The molecule has 4 atom stereocenters. The van der Waals surface area contributed by atoms with Gasteiger partial charge in [-0.15, -0.1) is 0 Å². The molecule has 0 spiro atoms. The first kappa shape index (κ1) is 17.0. The fraction of sp³-hybridized carbons (Fsp3) is 0.476. The van der Waals surface area contributed by atoms with Crippen LogP contribution in [0.5, 0.6) is 0 Å². The summed E-state index contributed by atoms with van der Waals surface area (Å²) in [6.07, 6.45) is 7.88. The van der Waals surface area contributed by atoms with Gasteiger partial charge in [0.2, 0.25) is 0 Å². The molecule has 1 aromatic carbocycles. The highest BCUT2D eigenvalue weighted by molar-refractivity contribution is 6.06. The fourth-order valence-corrected chi connectivity index (χ4v) is 4.66. The van der Waals surface area contributed by atoms with Crippen LogP contribution in [0.2, 0.25) is 0 Å². The van der Waals surface area contributed by atoms with Gasteiger partial charge in [-0.3, -0.25) is 9.59 Å². The number of nitrogens with zero attached hydrogens (tertiary/aromatic N) is 3. The molecule has 1 aromatic rings. The first-order valence-electron chi connectivity index (χ1n) is 9.59. The zero-order valence-electron chi connectivity index (χ0n) is 15.3. The number of benzene rings is 1. The molecule has 2 bridgehead atoms. The molecule has 5 heteroatoms. The highest BCUT2D eigenvalue weighted by Gasteiger charge is 2.56. The molecule has 0 radical (unpaired) electrons. The molecular weight excluding hydrogens is 326 g/mol. The molecule has 1 saturated carbocycles. The molecule has 0 aromatic heterocycles. The molecular formula is C21H25N3O2. The maximum atomic E-state index is 12.7. The number of amides is 2. The van der Waals surface area contributed by atoms with Gasteiger partial charge in [0.15, 0.2) is 0 Å². The maximum absolute atomic E-state index is 12.7. The van der Waals surface area contributed by atoms with Crippen LogP contribution < -0.4 is 4.90 Å².